The van der Waals surface area contributed by atoms with Gasteiger partial charge in [-0.25, -0.2) is 4.98 Å². The fraction of sp³-hybridized carbons (Fsp3) is 0.300. The molecule has 0 bridgehead atoms. The molecule has 2 aromatic carbocycles. The summed E-state index contributed by atoms with van der Waals surface area (Å²) >= 11 is 7.42. The van der Waals surface area contributed by atoms with E-state index < -0.39 is 0 Å². The van der Waals surface area contributed by atoms with Gasteiger partial charge in [0.15, 0.2) is 0 Å². The highest BCUT2D eigenvalue weighted by molar-refractivity contribution is 7.13. The largest absolute Gasteiger partial charge is 0.395 e. The van der Waals surface area contributed by atoms with Crippen molar-refractivity contribution in [2.45, 2.75) is 46.5 Å². The van der Waals surface area contributed by atoms with Gasteiger partial charge >= 0.3 is 0 Å². The summed E-state index contributed by atoms with van der Waals surface area (Å²) < 4.78 is 1.73. The first-order valence-corrected chi connectivity index (χ1v) is 14.1. The third-order valence-corrected chi connectivity index (χ3v) is 7.62. The van der Waals surface area contributed by atoms with E-state index in [2.05, 4.69) is 19.2 Å². The first-order chi connectivity index (χ1) is 18.3. The van der Waals surface area contributed by atoms with Crippen LogP contribution in [0.25, 0.3) is 27.5 Å². The molecule has 0 aliphatic heterocycles. The van der Waals surface area contributed by atoms with Crippen LogP contribution in [0.1, 0.15) is 60.8 Å². The van der Waals surface area contributed by atoms with Crippen LogP contribution in [0, 0.1) is 0 Å². The van der Waals surface area contributed by atoms with Crippen LogP contribution in [0.2, 0.25) is 5.02 Å². The van der Waals surface area contributed by atoms with Crippen molar-refractivity contribution >= 4 is 28.8 Å². The summed E-state index contributed by atoms with van der Waals surface area (Å²) in [6, 6.07) is 15.1. The summed E-state index contributed by atoms with van der Waals surface area (Å²) in [6.45, 7) is 8.04. The highest BCUT2D eigenvalue weighted by Gasteiger charge is 2.26. The fourth-order valence-corrected chi connectivity index (χ4v) is 5.64. The Bertz CT molecular complexity index is 1480. The molecule has 38 heavy (non-hydrogen) atoms. The van der Waals surface area contributed by atoms with Gasteiger partial charge in [-0.2, -0.15) is 0 Å². The smallest absolute Gasteiger partial charge is 0.265 e. The van der Waals surface area contributed by atoms with Crippen molar-refractivity contribution in [3.05, 3.63) is 91.7 Å². The molecule has 4 aromatic rings. The number of thiazole rings is 1. The highest BCUT2D eigenvalue weighted by Crippen LogP contribution is 2.33. The maximum atomic E-state index is 14.4. The van der Waals surface area contributed by atoms with Crippen molar-refractivity contribution < 1.29 is 9.90 Å². The number of aromatic nitrogens is 2. The molecule has 6 nitrogen and oxygen atoms in total. The molecule has 0 unspecified atom stereocenters. The Kier molecular flexibility index (Phi) is 8.82. The number of amides is 1. The number of nitrogens with one attached hydrogen (secondary N) is 1. The zero-order valence-corrected chi connectivity index (χ0v) is 23.6. The predicted molar refractivity (Wildman–Crippen MR) is 156 cm³/mol. The van der Waals surface area contributed by atoms with Crippen LogP contribution in [0.4, 0.5) is 0 Å². The average Bonchev–Trinajstić information content (AvgIpc) is 3.41. The normalized spacial score (nSPS) is 11.2. The number of carbonyl (C=O) groups excluding carboxylic acids is 1. The number of hydrogen-bond acceptors (Lipinski definition) is 5. The predicted octanol–water partition coefficient (Wildman–Crippen LogP) is 6.25. The third kappa shape index (κ3) is 5.46. The lowest BCUT2D eigenvalue weighted by Gasteiger charge is -2.24. The Morgan fingerprint density at radius 2 is 1.76 bits per heavy atom. The molecule has 4 rings (SSSR count). The molecule has 0 radical (unpaired) electrons. The number of para-hydroxylation sites is 1. The molecule has 2 aromatic heterocycles. The number of pyridine rings is 1. The second-order valence-corrected chi connectivity index (χ2v) is 10.6. The summed E-state index contributed by atoms with van der Waals surface area (Å²) in [7, 11) is 0. The van der Waals surface area contributed by atoms with Crippen molar-refractivity contribution in [3.63, 3.8) is 0 Å². The molecule has 0 fully saturated rings. The summed E-state index contributed by atoms with van der Waals surface area (Å²) in [5.74, 6) is -0.457. The Morgan fingerprint density at radius 1 is 1.11 bits per heavy atom. The lowest BCUT2D eigenvalue weighted by Crippen LogP contribution is -2.33. The Hall–Kier alpha value is -3.26. The van der Waals surface area contributed by atoms with Crippen LogP contribution in [0.5, 0.6) is 0 Å². The Balaban J connectivity index is 2.04. The summed E-state index contributed by atoms with van der Waals surface area (Å²) in [6.07, 6.45) is 1.47. The lowest BCUT2D eigenvalue weighted by molar-refractivity contribution is 0.0942. The van der Waals surface area contributed by atoms with Gasteiger partial charge in [-0.1, -0.05) is 69.6 Å². The van der Waals surface area contributed by atoms with Gasteiger partial charge < -0.3 is 10.4 Å². The zero-order chi connectivity index (χ0) is 27.4. The van der Waals surface area contributed by atoms with Crippen LogP contribution < -0.4 is 10.9 Å². The van der Waals surface area contributed by atoms with Gasteiger partial charge in [-0.05, 0) is 48.1 Å². The molecule has 1 amide bonds. The topological polar surface area (TPSA) is 84.2 Å². The number of aliphatic hydroxyl groups excluding tert-OH is 1. The van der Waals surface area contributed by atoms with Gasteiger partial charge in [0.05, 0.1) is 29.1 Å². The number of benzene rings is 2. The third-order valence-electron chi connectivity index (χ3n) is 6.49. The molecular formula is C30H32ClN3O3S. The molecule has 0 saturated heterocycles. The van der Waals surface area contributed by atoms with Crippen molar-refractivity contribution in [1.29, 1.82) is 0 Å². The van der Waals surface area contributed by atoms with E-state index in [0.29, 0.717) is 26.9 Å². The SMILES string of the molecule is CCc1cccc(CC)c1-n1c(C(C)C)c(C(=O)NCCO)cc(-c2nc(-c3ccc(Cl)cc3)cs2)c1=O. The van der Waals surface area contributed by atoms with E-state index in [-0.39, 0.29) is 30.5 Å². The number of nitrogens with zero attached hydrogens (tertiary/aromatic N) is 2. The Labute approximate surface area is 232 Å². The summed E-state index contributed by atoms with van der Waals surface area (Å²) in [4.78, 5) is 32.5. The number of rotatable bonds is 9. The van der Waals surface area contributed by atoms with Crippen molar-refractivity contribution in [2.24, 2.45) is 0 Å². The van der Waals surface area contributed by atoms with Gasteiger partial charge in [0, 0.05) is 28.2 Å². The van der Waals surface area contributed by atoms with E-state index in [4.69, 9.17) is 16.6 Å². The minimum Gasteiger partial charge on any atom is -0.395 e. The van der Waals surface area contributed by atoms with Crippen LogP contribution in [-0.2, 0) is 12.8 Å². The van der Waals surface area contributed by atoms with Crippen molar-refractivity contribution in [2.75, 3.05) is 13.2 Å². The molecule has 198 valence electrons. The maximum absolute atomic E-state index is 14.4. The Morgan fingerprint density at radius 3 is 2.34 bits per heavy atom. The van der Waals surface area contributed by atoms with Crippen LogP contribution in [0.3, 0.4) is 0 Å². The molecule has 2 heterocycles. The number of aliphatic hydroxyl groups is 1. The van der Waals surface area contributed by atoms with E-state index in [9.17, 15) is 14.7 Å². The molecular weight excluding hydrogens is 518 g/mol. The quantitative estimate of drug-likeness (QED) is 0.258. The highest BCUT2D eigenvalue weighted by atomic mass is 35.5. The van der Waals surface area contributed by atoms with Gasteiger partial charge in [-0.3, -0.25) is 14.2 Å². The van der Waals surface area contributed by atoms with Crippen LogP contribution >= 0.6 is 22.9 Å². The van der Waals surface area contributed by atoms with Gasteiger partial charge in [0.25, 0.3) is 11.5 Å². The number of aryl methyl sites for hydroxylation is 2. The van der Waals surface area contributed by atoms with E-state index in [1.54, 1.807) is 22.8 Å². The molecule has 0 aliphatic carbocycles. The van der Waals surface area contributed by atoms with Crippen LogP contribution in [-0.4, -0.2) is 33.7 Å². The van der Waals surface area contributed by atoms with E-state index in [1.807, 2.05) is 49.6 Å². The standard InChI is InChI=1S/C30H32ClN3O3S/c1-5-19-8-7-9-20(6-2)27(19)34-26(18(3)4)23(28(36)32-14-15-35)16-24(30(34)37)29-33-25(17-38-29)21-10-12-22(31)13-11-21/h7-13,16-18,35H,5-6,14-15H2,1-4H3,(H,32,36). The number of carbonyl (C=O) groups is 1. The van der Waals surface area contributed by atoms with Gasteiger partial charge in [0.1, 0.15) is 5.01 Å². The maximum Gasteiger partial charge on any atom is 0.265 e. The number of halogens is 1. The fourth-order valence-electron chi connectivity index (χ4n) is 4.67. The van der Waals surface area contributed by atoms with Crippen molar-refractivity contribution in [3.8, 4) is 27.5 Å². The summed E-state index contributed by atoms with van der Waals surface area (Å²) in [5.41, 5.74) is 5.72. The monoisotopic (exact) mass is 549 g/mol. The second kappa shape index (κ2) is 12.1. The second-order valence-electron chi connectivity index (χ2n) is 9.31. The minimum absolute atomic E-state index is 0.120. The van der Waals surface area contributed by atoms with Crippen LogP contribution in [0.15, 0.2) is 58.7 Å². The molecule has 0 aliphatic rings. The first kappa shape index (κ1) is 27.8. The number of hydrogen-bond donors (Lipinski definition) is 2. The van der Waals surface area contributed by atoms with E-state index >= 15 is 0 Å². The van der Waals surface area contributed by atoms with E-state index in [1.165, 1.54) is 11.3 Å². The lowest BCUT2D eigenvalue weighted by atomic mass is 9.96. The van der Waals surface area contributed by atoms with E-state index in [0.717, 1.165) is 40.9 Å². The molecule has 0 saturated carbocycles. The van der Waals surface area contributed by atoms with Crippen molar-refractivity contribution in [1.82, 2.24) is 14.9 Å². The molecule has 0 spiro atoms. The average molecular weight is 550 g/mol. The molecule has 8 heteroatoms. The summed E-state index contributed by atoms with van der Waals surface area (Å²) in [5, 5.41) is 15.2. The van der Waals surface area contributed by atoms with Gasteiger partial charge in [-0.15, -0.1) is 11.3 Å². The zero-order valence-electron chi connectivity index (χ0n) is 22.0. The minimum atomic E-state index is -0.334. The first-order valence-electron chi connectivity index (χ1n) is 12.8. The molecule has 0 atom stereocenters. The van der Waals surface area contributed by atoms with Gasteiger partial charge in [0.2, 0.25) is 0 Å². The molecule has 2 N–H and O–H groups in total.